The molecule has 90 valence electrons. The fourth-order valence-corrected chi connectivity index (χ4v) is 1.89. The zero-order valence-electron chi connectivity index (χ0n) is 9.29. The van der Waals surface area contributed by atoms with Crippen LogP contribution in [0.25, 0.3) is 11.1 Å². The van der Waals surface area contributed by atoms with Crippen LogP contribution >= 0.6 is 0 Å². The molecule has 2 aromatic carbocycles. The zero-order valence-corrected chi connectivity index (χ0v) is 9.29. The molecule has 0 aliphatic carbocycles. The van der Waals surface area contributed by atoms with E-state index in [1.165, 1.54) is 12.1 Å². The van der Waals surface area contributed by atoms with Gasteiger partial charge < -0.3 is 0 Å². The van der Waals surface area contributed by atoms with E-state index in [1.807, 2.05) is 0 Å². The van der Waals surface area contributed by atoms with Gasteiger partial charge in [-0.2, -0.15) is 0 Å². The molecular formula is C12H8B2F4. The highest BCUT2D eigenvalue weighted by atomic mass is 19.2. The third-order valence-electron chi connectivity index (χ3n) is 2.68. The first-order valence-corrected chi connectivity index (χ1v) is 5.35. The molecule has 2 rings (SSSR count). The van der Waals surface area contributed by atoms with Gasteiger partial charge in [-0.1, -0.05) is 48.5 Å². The third-order valence-corrected chi connectivity index (χ3v) is 2.68. The minimum Gasteiger partial charge on any atom is -0.281 e. The number of hydrogen-bond acceptors (Lipinski definition) is 0. The van der Waals surface area contributed by atoms with E-state index in [1.54, 1.807) is 30.3 Å². The molecule has 0 nitrogen and oxygen atoms in total. The van der Waals surface area contributed by atoms with E-state index >= 15 is 0 Å². The topological polar surface area (TPSA) is 0 Å². The first-order chi connectivity index (χ1) is 8.61. The van der Waals surface area contributed by atoms with Gasteiger partial charge in [-0.15, -0.1) is 0 Å². The van der Waals surface area contributed by atoms with Gasteiger partial charge in [-0.05, 0) is 22.1 Å². The molecular weight excluding hydrogens is 242 g/mol. The minimum atomic E-state index is -2.93. The first-order valence-electron chi connectivity index (χ1n) is 5.35. The van der Waals surface area contributed by atoms with Crippen LogP contribution in [0.15, 0.2) is 48.5 Å². The Morgan fingerprint density at radius 1 is 0.667 bits per heavy atom. The Kier molecular flexibility index (Phi) is 3.75. The van der Waals surface area contributed by atoms with Crippen molar-refractivity contribution in [2.75, 3.05) is 0 Å². The lowest BCUT2D eigenvalue weighted by atomic mass is 9.68. The summed E-state index contributed by atoms with van der Waals surface area (Å²) in [5.74, 6) is 0. The third kappa shape index (κ3) is 2.42. The maximum Gasteiger partial charge on any atom is 0.572 e. The summed E-state index contributed by atoms with van der Waals surface area (Å²) >= 11 is 0. The summed E-state index contributed by atoms with van der Waals surface area (Å²) < 4.78 is 51.5. The monoisotopic (exact) mass is 250 g/mol. The Morgan fingerprint density at radius 3 is 1.89 bits per heavy atom. The van der Waals surface area contributed by atoms with E-state index in [-0.39, 0.29) is 5.56 Å². The van der Waals surface area contributed by atoms with Gasteiger partial charge in [0, 0.05) is 0 Å². The Hall–Kier alpha value is -1.71. The molecule has 6 heteroatoms. The summed E-state index contributed by atoms with van der Waals surface area (Å²) in [4.78, 5) is 0. The predicted octanol–water partition coefficient (Wildman–Crippen LogP) is 2.62. The van der Waals surface area contributed by atoms with E-state index in [0.717, 1.165) is 6.07 Å². The van der Waals surface area contributed by atoms with Gasteiger partial charge in [0.2, 0.25) is 0 Å². The average Bonchev–Trinajstić information content (AvgIpc) is 2.38. The molecule has 0 spiro atoms. The second-order valence-electron chi connectivity index (χ2n) is 3.78. The highest BCUT2D eigenvalue weighted by Crippen LogP contribution is 2.17. The van der Waals surface area contributed by atoms with Crippen LogP contribution in [0.3, 0.4) is 0 Å². The average molecular weight is 250 g/mol. The van der Waals surface area contributed by atoms with Crippen molar-refractivity contribution in [1.82, 2.24) is 0 Å². The van der Waals surface area contributed by atoms with Crippen LogP contribution in [0.4, 0.5) is 17.3 Å². The van der Waals surface area contributed by atoms with Crippen LogP contribution in [0, 0.1) is 0 Å². The van der Waals surface area contributed by atoms with Gasteiger partial charge >= 0.3 is 14.5 Å². The molecule has 0 unspecified atom stereocenters. The summed E-state index contributed by atoms with van der Waals surface area (Å²) in [7, 11) is -5.83. The SMILES string of the molecule is FB(F)c1cccc(-c2ccccc2)c1B(F)F. The number of rotatable bonds is 3. The van der Waals surface area contributed by atoms with Gasteiger partial charge in [-0.3, -0.25) is 17.3 Å². The Bertz CT molecular complexity index is 529. The summed E-state index contributed by atoms with van der Waals surface area (Å²) in [6.07, 6.45) is 0. The molecule has 0 heterocycles. The van der Waals surface area contributed by atoms with Crippen LogP contribution in [0.2, 0.25) is 0 Å². The second kappa shape index (κ2) is 5.29. The van der Waals surface area contributed by atoms with E-state index in [9.17, 15) is 17.3 Å². The van der Waals surface area contributed by atoms with Crippen molar-refractivity contribution in [3.63, 3.8) is 0 Å². The smallest absolute Gasteiger partial charge is 0.281 e. The number of benzene rings is 2. The van der Waals surface area contributed by atoms with E-state index in [4.69, 9.17) is 0 Å². The second-order valence-corrected chi connectivity index (χ2v) is 3.78. The van der Waals surface area contributed by atoms with E-state index in [2.05, 4.69) is 0 Å². The maximum absolute atomic E-state index is 13.0. The number of halogens is 4. The first kappa shape index (κ1) is 12.7. The van der Waals surface area contributed by atoms with Crippen LogP contribution in [0.1, 0.15) is 0 Å². The van der Waals surface area contributed by atoms with Crippen molar-refractivity contribution in [2.45, 2.75) is 0 Å². The van der Waals surface area contributed by atoms with E-state index in [0.29, 0.717) is 5.56 Å². The Morgan fingerprint density at radius 2 is 1.33 bits per heavy atom. The van der Waals surface area contributed by atoms with E-state index < -0.39 is 25.5 Å². The van der Waals surface area contributed by atoms with Crippen molar-refractivity contribution in [3.05, 3.63) is 48.5 Å². The van der Waals surface area contributed by atoms with Crippen molar-refractivity contribution in [1.29, 1.82) is 0 Å². The number of hydrogen-bond donors (Lipinski definition) is 0. The molecule has 18 heavy (non-hydrogen) atoms. The van der Waals surface area contributed by atoms with Crippen molar-refractivity contribution in [2.24, 2.45) is 0 Å². The maximum atomic E-state index is 13.0. The molecule has 2 aromatic rings. The lowest BCUT2D eigenvalue weighted by Crippen LogP contribution is -2.43. The van der Waals surface area contributed by atoms with Crippen LogP contribution in [-0.2, 0) is 0 Å². The molecule has 0 atom stereocenters. The summed E-state index contributed by atoms with van der Waals surface area (Å²) in [6, 6.07) is 12.2. The molecule has 0 saturated heterocycles. The highest BCUT2D eigenvalue weighted by molar-refractivity contribution is 6.74. The van der Waals surface area contributed by atoms with Gasteiger partial charge in [-0.25, -0.2) is 0 Å². The van der Waals surface area contributed by atoms with Gasteiger partial charge in [0.25, 0.3) is 0 Å². The molecule has 0 aromatic heterocycles. The largest absolute Gasteiger partial charge is 0.572 e. The molecule has 0 saturated carbocycles. The molecule has 0 bridgehead atoms. The fourth-order valence-electron chi connectivity index (χ4n) is 1.89. The fraction of sp³-hybridized carbons (Fsp3) is 0. The predicted molar refractivity (Wildman–Crippen MR) is 67.1 cm³/mol. The van der Waals surface area contributed by atoms with Gasteiger partial charge in [0.15, 0.2) is 0 Å². The molecule has 0 radical (unpaired) electrons. The minimum absolute atomic E-state index is 0.156. The van der Waals surface area contributed by atoms with Crippen molar-refractivity contribution in [3.8, 4) is 11.1 Å². The van der Waals surface area contributed by atoms with Crippen LogP contribution < -0.4 is 10.9 Å². The Balaban J connectivity index is 2.64. The highest BCUT2D eigenvalue weighted by Gasteiger charge is 2.31. The Labute approximate surface area is 103 Å². The molecule has 0 amide bonds. The summed E-state index contributed by atoms with van der Waals surface area (Å²) in [5, 5.41) is 0. The summed E-state index contributed by atoms with van der Waals surface area (Å²) in [6.45, 7) is 0. The van der Waals surface area contributed by atoms with Crippen molar-refractivity contribution < 1.29 is 17.3 Å². The van der Waals surface area contributed by atoms with Gasteiger partial charge in [0.1, 0.15) is 0 Å². The molecule has 0 fully saturated rings. The lowest BCUT2D eigenvalue weighted by Gasteiger charge is -2.11. The lowest BCUT2D eigenvalue weighted by molar-refractivity contribution is 0.677. The molecule has 0 aliphatic heterocycles. The molecule has 0 N–H and O–H groups in total. The standard InChI is InChI=1S/C12H8B2F4/c15-13(16)11-8-4-7-10(12(11)14(17)18)9-5-2-1-3-6-9/h1-8H. The zero-order chi connectivity index (χ0) is 13.1. The van der Waals surface area contributed by atoms with Crippen molar-refractivity contribution >= 4 is 25.5 Å². The molecule has 0 aliphatic rings. The van der Waals surface area contributed by atoms with Gasteiger partial charge in [0.05, 0.1) is 0 Å². The van der Waals surface area contributed by atoms with Crippen LogP contribution in [0.5, 0.6) is 0 Å². The quantitative estimate of drug-likeness (QED) is 0.580. The summed E-state index contributed by atoms with van der Waals surface area (Å²) in [5.41, 5.74) is -0.524. The van der Waals surface area contributed by atoms with Crippen LogP contribution in [-0.4, -0.2) is 14.5 Å². The normalized spacial score (nSPS) is 10.2.